The normalized spacial score (nSPS) is 21.8. The Morgan fingerprint density at radius 3 is 2.95 bits per heavy atom. The highest BCUT2D eigenvalue weighted by molar-refractivity contribution is 7.99. The molecular weight excluding hydrogens is 272 g/mol. The number of carbonyl (C=O) groups is 1. The standard InChI is InChI=1S/C15H22N2O2S/c1-3-12-6-4-5-11(2)13(12)17-14(18)16-9-15(19)7-8-20-10-15/h4-6,19H,3,7-10H2,1-2H3,(H2,16,17,18). The maximum atomic E-state index is 12.0. The van der Waals surface area contributed by atoms with Crippen LogP contribution in [0.5, 0.6) is 0 Å². The molecule has 2 amide bonds. The second-order valence-corrected chi connectivity index (χ2v) is 6.40. The fraction of sp³-hybridized carbons (Fsp3) is 0.533. The number of aryl methyl sites for hydroxylation is 2. The zero-order chi connectivity index (χ0) is 14.6. The van der Waals surface area contributed by atoms with Gasteiger partial charge in [0.25, 0.3) is 0 Å². The Hall–Kier alpha value is -1.20. The average molecular weight is 294 g/mol. The number of thioether (sulfide) groups is 1. The third-order valence-corrected chi connectivity index (χ3v) is 4.87. The van der Waals surface area contributed by atoms with E-state index in [1.807, 2.05) is 25.1 Å². The van der Waals surface area contributed by atoms with Crippen LogP contribution in [0.4, 0.5) is 10.5 Å². The zero-order valence-corrected chi connectivity index (χ0v) is 12.8. The lowest BCUT2D eigenvalue weighted by Gasteiger charge is -2.22. The topological polar surface area (TPSA) is 61.4 Å². The Balaban J connectivity index is 1.94. The molecule has 0 aliphatic carbocycles. The van der Waals surface area contributed by atoms with Crippen molar-refractivity contribution >= 4 is 23.5 Å². The second kappa shape index (κ2) is 6.50. The fourth-order valence-corrected chi connectivity index (χ4v) is 3.64. The second-order valence-electron chi connectivity index (χ2n) is 5.30. The summed E-state index contributed by atoms with van der Waals surface area (Å²) in [5, 5.41) is 15.9. The number of hydrogen-bond donors (Lipinski definition) is 3. The maximum absolute atomic E-state index is 12.0. The van der Waals surface area contributed by atoms with Crippen molar-refractivity contribution in [2.45, 2.75) is 32.3 Å². The van der Waals surface area contributed by atoms with Crippen LogP contribution in [0.25, 0.3) is 0 Å². The number of amides is 2. The fourth-order valence-electron chi connectivity index (χ4n) is 2.34. The molecule has 2 rings (SSSR count). The lowest BCUT2D eigenvalue weighted by molar-refractivity contribution is 0.0706. The molecule has 1 unspecified atom stereocenters. The molecule has 1 atom stereocenters. The van der Waals surface area contributed by atoms with Crippen molar-refractivity contribution in [2.24, 2.45) is 0 Å². The number of nitrogens with one attached hydrogen (secondary N) is 2. The van der Waals surface area contributed by atoms with E-state index in [9.17, 15) is 9.90 Å². The minimum atomic E-state index is -0.749. The highest BCUT2D eigenvalue weighted by Crippen LogP contribution is 2.27. The van der Waals surface area contributed by atoms with Gasteiger partial charge in [-0.1, -0.05) is 25.1 Å². The highest BCUT2D eigenvalue weighted by atomic mass is 32.2. The van der Waals surface area contributed by atoms with Gasteiger partial charge in [-0.25, -0.2) is 4.79 Å². The molecule has 0 bridgehead atoms. The van der Waals surface area contributed by atoms with E-state index in [-0.39, 0.29) is 6.03 Å². The summed E-state index contributed by atoms with van der Waals surface area (Å²) in [5.41, 5.74) is 2.30. The van der Waals surface area contributed by atoms with Crippen molar-refractivity contribution in [1.82, 2.24) is 5.32 Å². The molecule has 1 aliphatic heterocycles. The predicted octanol–water partition coefficient (Wildman–Crippen LogP) is 2.55. The van der Waals surface area contributed by atoms with E-state index in [0.29, 0.717) is 12.3 Å². The summed E-state index contributed by atoms with van der Waals surface area (Å²) in [4.78, 5) is 12.0. The van der Waals surface area contributed by atoms with E-state index in [4.69, 9.17) is 0 Å². The van der Waals surface area contributed by atoms with Gasteiger partial charge in [-0.3, -0.25) is 0 Å². The summed E-state index contributed by atoms with van der Waals surface area (Å²) in [7, 11) is 0. The molecule has 5 heteroatoms. The summed E-state index contributed by atoms with van der Waals surface area (Å²) in [6, 6.07) is 5.74. The number of rotatable bonds is 4. The van der Waals surface area contributed by atoms with Gasteiger partial charge in [0.05, 0.1) is 5.60 Å². The van der Waals surface area contributed by atoms with Crippen molar-refractivity contribution < 1.29 is 9.90 Å². The lowest BCUT2D eigenvalue weighted by Crippen LogP contribution is -2.44. The number of hydrogen-bond acceptors (Lipinski definition) is 3. The molecule has 110 valence electrons. The van der Waals surface area contributed by atoms with Crippen molar-refractivity contribution in [3.05, 3.63) is 29.3 Å². The molecular formula is C15H22N2O2S. The third-order valence-electron chi connectivity index (χ3n) is 3.64. The number of anilines is 1. The first kappa shape index (κ1) is 15.2. The SMILES string of the molecule is CCc1cccc(C)c1NC(=O)NCC1(O)CCSC1. The van der Waals surface area contributed by atoms with Crippen molar-refractivity contribution in [2.75, 3.05) is 23.4 Å². The summed E-state index contributed by atoms with van der Waals surface area (Å²) in [6.07, 6.45) is 1.61. The quantitative estimate of drug-likeness (QED) is 0.800. The van der Waals surface area contributed by atoms with E-state index in [1.165, 1.54) is 0 Å². The van der Waals surface area contributed by atoms with Gasteiger partial charge in [-0.2, -0.15) is 11.8 Å². The largest absolute Gasteiger partial charge is 0.387 e. The average Bonchev–Trinajstić information content (AvgIpc) is 2.86. The Labute approximate surface area is 124 Å². The number of aliphatic hydroxyl groups is 1. The molecule has 1 aliphatic rings. The van der Waals surface area contributed by atoms with Gasteiger partial charge < -0.3 is 15.7 Å². The Morgan fingerprint density at radius 1 is 1.50 bits per heavy atom. The highest BCUT2D eigenvalue weighted by Gasteiger charge is 2.31. The van der Waals surface area contributed by atoms with Crippen LogP contribution in [-0.4, -0.2) is 34.8 Å². The number of para-hydroxylation sites is 1. The van der Waals surface area contributed by atoms with Crippen LogP contribution < -0.4 is 10.6 Å². The van der Waals surface area contributed by atoms with Gasteiger partial charge in [0.15, 0.2) is 0 Å². The van der Waals surface area contributed by atoms with E-state index < -0.39 is 5.60 Å². The molecule has 1 aromatic carbocycles. The number of carbonyl (C=O) groups excluding carboxylic acids is 1. The first-order valence-electron chi connectivity index (χ1n) is 6.97. The molecule has 4 nitrogen and oxygen atoms in total. The van der Waals surface area contributed by atoms with E-state index in [2.05, 4.69) is 17.6 Å². The Bertz CT molecular complexity index is 485. The van der Waals surface area contributed by atoms with Crippen molar-refractivity contribution in [1.29, 1.82) is 0 Å². The van der Waals surface area contributed by atoms with E-state index in [0.717, 1.165) is 35.4 Å². The van der Waals surface area contributed by atoms with Gasteiger partial charge in [0.1, 0.15) is 0 Å². The summed E-state index contributed by atoms with van der Waals surface area (Å²) in [6.45, 7) is 4.35. The maximum Gasteiger partial charge on any atom is 0.319 e. The molecule has 0 spiro atoms. The smallest absolute Gasteiger partial charge is 0.319 e. The molecule has 0 saturated carbocycles. The predicted molar refractivity (Wildman–Crippen MR) is 84.5 cm³/mol. The van der Waals surface area contributed by atoms with Crippen LogP contribution in [0.2, 0.25) is 0 Å². The Morgan fingerprint density at radius 2 is 2.30 bits per heavy atom. The van der Waals surface area contributed by atoms with E-state index >= 15 is 0 Å². The van der Waals surface area contributed by atoms with Crippen molar-refractivity contribution in [3.63, 3.8) is 0 Å². The first-order chi connectivity index (χ1) is 9.54. The monoisotopic (exact) mass is 294 g/mol. The molecule has 1 aromatic rings. The molecule has 0 aromatic heterocycles. The third kappa shape index (κ3) is 3.67. The van der Waals surface area contributed by atoms with Crippen LogP contribution in [0.15, 0.2) is 18.2 Å². The van der Waals surface area contributed by atoms with Crippen LogP contribution in [0, 0.1) is 6.92 Å². The molecule has 1 fully saturated rings. The van der Waals surface area contributed by atoms with Crippen LogP contribution in [0.1, 0.15) is 24.5 Å². The van der Waals surface area contributed by atoms with Crippen LogP contribution in [-0.2, 0) is 6.42 Å². The van der Waals surface area contributed by atoms with Gasteiger partial charge >= 0.3 is 6.03 Å². The molecule has 1 saturated heterocycles. The zero-order valence-electron chi connectivity index (χ0n) is 12.0. The minimum absolute atomic E-state index is 0.251. The molecule has 1 heterocycles. The minimum Gasteiger partial charge on any atom is -0.387 e. The van der Waals surface area contributed by atoms with Crippen molar-refractivity contribution in [3.8, 4) is 0 Å². The van der Waals surface area contributed by atoms with Crippen LogP contribution >= 0.6 is 11.8 Å². The lowest BCUT2D eigenvalue weighted by atomic mass is 10.0. The van der Waals surface area contributed by atoms with Crippen LogP contribution in [0.3, 0.4) is 0 Å². The number of benzene rings is 1. The molecule has 3 N–H and O–H groups in total. The van der Waals surface area contributed by atoms with Gasteiger partial charge in [-0.05, 0) is 36.6 Å². The first-order valence-corrected chi connectivity index (χ1v) is 8.13. The Kier molecular flexibility index (Phi) is 4.94. The molecule has 20 heavy (non-hydrogen) atoms. The molecule has 0 radical (unpaired) electrons. The summed E-state index contributed by atoms with van der Waals surface area (Å²) >= 11 is 1.72. The van der Waals surface area contributed by atoms with Gasteiger partial charge in [0.2, 0.25) is 0 Å². The summed E-state index contributed by atoms with van der Waals surface area (Å²) in [5.74, 6) is 1.65. The van der Waals surface area contributed by atoms with Gasteiger partial charge in [-0.15, -0.1) is 0 Å². The number of urea groups is 1. The van der Waals surface area contributed by atoms with Gasteiger partial charge in [0, 0.05) is 18.0 Å². The summed E-state index contributed by atoms with van der Waals surface area (Å²) < 4.78 is 0. The van der Waals surface area contributed by atoms with E-state index in [1.54, 1.807) is 11.8 Å².